The van der Waals surface area contributed by atoms with Crippen LogP contribution < -0.4 is 9.47 Å². The molecule has 0 saturated heterocycles. The number of nitrogens with zero attached hydrogens (tertiary/aromatic N) is 4. The number of aromatic nitrogens is 1. The van der Waals surface area contributed by atoms with Gasteiger partial charge in [-0.2, -0.15) is 5.10 Å². The third-order valence-electron chi connectivity index (χ3n) is 3.38. The van der Waals surface area contributed by atoms with Gasteiger partial charge in [-0.25, -0.2) is 9.99 Å². The minimum Gasteiger partial charge on any atom is -0.494 e. The predicted molar refractivity (Wildman–Crippen MR) is 90.1 cm³/mol. The van der Waals surface area contributed by atoms with Crippen LogP contribution in [-0.4, -0.2) is 40.4 Å². The summed E-state index contributed by atoms with van der Waals surface area (Å²) in [5.74, 6) is 2.20. The summed E-state index contributed by atoms with van der Waals surface area (Å²) in [4.78, 5) is 4.19. The van der Waals surface area contributed by atoms with E-state index in [0.29, 0.717) is 36.2 Å². The lowest BCUT2D eigenvalue weighted by Crippen LogP contribution is -2.24. The molecule has 1 N–H and O–H groups in total. The summed E-state index contributed by atoms with van der Waals surface area (Å²) in [6, 6.07) is 10.7. The van der Waals surface area contributed by atoms with Gasteiger partial charge in [0, 0.05) is 37.0 Å². The van der Waals surface area contributed by atoms with Crippen molar-refractivity contribution in [2.75, 3.05) is 13.2 Å². The molecule has 24 heavy (non-hydrogen) atoms. The van der Waals surface area contributed by atoms with Gasteiger partial charge in [-0.3, -0.25) is 0 Å². The maximum absolute atomic E-state index is 9.30. The summed E-state index contributed by atoms with van der Waals surface area (Å²) >= 11 is 0. The van der Waals surface area contributed by atoms with Crippen LogP contribution in [-0.2, 0) is 0 Å². The Labute approximate surface area is 139 Å². The van der Waals surface area contributed by atoms with Gasteiger partial charge in [-0.05, 0) is 37.3 Å². The lowest BCUT2D eigenvalue weighted by molar-refractivity contribution is 0.305. The van der Waals surface area contributed by atoms with Crippen molar-refractivity contribution in [3.05, 3.63) is 48.2 Å². The van der Waals surface area contributed by atoms with E-state index < -0.39 is 0 Å². The monoisotopic (exact) mass is 326 g/mol. The summed E-state index contributed by atoms with van der Waals surface area (Å²) in [6.07, 6.45) is 4.20. The fourth-order valence-corrected chi connectivity index (χ4v) is 2.31. The summed E-state index contributed by atoms with van der Waals surface area (Å²) in [5.41, 5.74) is 0.674. The van der Waals surface area contributed by atoms with Crippen LogP contribution in [0.5, 0.6) is 17.4 Å². The number of amidine groups is 1. The van der Waals surface area contributed by atoms with Gasteiger partial charge in [0.1, 0.15) is 11.5 Å². The van der Waals surface area contributed by atoms with Crippen molar-refractivity contribution in [1.29, 1.82) is 0 Å². The highest BCUT2D eigenvalue weighted by atomic mass is 16.5. The van der Waals surface area contributed by atoms with Crippen LogP contribution in [0.15, 0.2) is 52.9 Å². The number of hydrogen-bond donors (Lipinski definition) is 1. The number of hydrazone groups is 1. The van der Waals surface area contributed by atoms with E-state index in [1.807, 2.05) is 31.2 Å². The molecule has 0 amide bonds. The van der Waals surface area contributed by atoms with E-state index in [9.17, 15) is 5.21 Å². The molecule has 7 nitrogen and oxygen atoms in total. The fraction of sp³-hybridized carbons (Fsp3) is 0.235. The van der Waals surface area contributed by atoms with Gasteiger partial charge in [0.05, 0.1) is 6.61 Å². The van der Waals surface area contributed by atoms with Crippen molar-refractivity contribution in [3.63, 3.8) is 0 Å². The predicted octanol–water partition coefficient (Wildman–Crippen LogP) is 3.10. The zero-order chi connectivity index (χ0) is 16.8. The molecule has 1 aliphatic rings. The van der Waals surface area contributed by atoms with Crippen LogP contribution in [0.1, 0.15) is 18.9 Å². The number of hydrogen-bond acceptors (Lipinski definition) is 6. The molecule has 0 bridgehead atoms. The van der Waals surface area contributed by atoms with Crippen molar-refractivity contribution < 1.29 is 14.7 Å². The van der Waals surface area contributed by atoms with Crippen molar-refractivity contribution in [3.8, 4) is 17.4 Å². The molecular formula is C17H18N4O3. The van der Waals surface area contributed by atoms with E-state index in [1.54, 1.807) is 29.6 Å². The highest BCUT2D eigenvalue weighted by molar-refractivity contribution is 5.99. The Bertz CT molecular complexity index is 744. The molecule has 2 heterocycles. The van der Waals surface area contributed by atoms with Crippen molar-refractivity contribution in [1.82, 2.24) is 9.99 Å². The van der Waals surface area contributed by atoms with Gasteiger partial charge in [0.25, 0.3) is 0 Å². The minimum absolute atomic E-state index is 0.364. The average molecular weight is 326 g/mol. The molecule has 124 valence electrons. The van der Waals surface area contributed by atoms with Crippen molar-refractivity contribution in [2.24, 2.45) is 10.3 Å². The molecule has 1 aromatic heterocycles. The van der Waals surface area contributed by atoms with E-state index in [2.05, 4.69) is 15.2 Å². The Kier molecular flexibility index (Phi) is 4.90. The zero-order valence-corrected chi connectivity index (χ0v) is 13.3. The Morgan fingerprint density at radius 3 is 2.71 bits per heavy atom. The first kappa shape index (κ1) is 15.8. The number of rotatable bonds is 5. The molecular weight excluding hydrogens is 308 g/mol. The summed E-state index contributed by atoms with van der Waals surface area (Å²) in [7, 11) is 0. The number of pyridine rings is 1. The van der Waals surface area contributed by atoms with Gasteiger partial charge in [0.15, 0.2) is 5.84 Å². The van der Waals surface area contributed by atoms with E-state index in [-0.39, 0.29) is 0 Å². The van der Waals surface area contributed by atoms with Gasteiger partial charge >= 0.3 is 0 Å². The fourth-order valence-electron chi connectivity index (χ4n) is 2.31. The molecule has 7 heteroatoms. The van der Waals surface area contributed by atoms with Gasteiger partial charge in [0.2, 0.25) is 5.88 Å². The Balaban J connectivity index is 1.76. The molecule has 1 aliphatic heterocycles. The number of benzene rings is 1. The highest BCUT2D eigenvalue weighted by Gasteiger charge is 2.17. The van der Waals surface area contributed by atoms with E-state index in [4.69, 9.17) is 9.47 Å². The third-order valence-corrected chi connectivity index (χ3v) is 3.38. The van der Waals surface area contributed by atoms with Crippen LogP contribution in [0.3, 0.4) is 0 Å². The minimum atomic E-state index is 0.364. The van der Waals surface area contributed by atoms with Gasteiger partial charge in [-0.1, -0.05) is 5.16 Å². The second-order valence-corrected chi connectivity index (χ2v) is 5.02. The SMILES string of the molecule is CCOc1ccc(Oc2cc(/C(=N/O)N3CCC=N3)ccn2)cc1. The first-order valence-electron chi connectivity index (χ1n) is 7.69. The standard InChI is InChI=1S/C17H18N4O3/c1-2-23-14-4-6-15(7-5-14)24-16-12-13(8-10-18-16)17(20-22)21-11-3-9-19-21/h4-10,12,22H,2-3,11H2,1H3/b20-17-. The lowest BCUT2D eigenvalue weighted by Gasteiger charge is -2.15. The first-order chi connectivity index (χ1) is 11.8. The highest BCUT2D eigenvalue weighted by Crippen LogP contribution is 2.23. The van der Waals surface area contributed by atoms with Crippen molar-refractivity contribution in [2.45, 2.75) is 13.3 Å². The van der Waals surface area contributed by atoms with E-state index >= 15 is 0 Å². The quantitative estimate of drug-likeness (QED) is 0.395. The molecule has 0 spiro atoms. The Morgan fingerprint density at radius 2 is 2.04 bits per heavy atom. The van der Waals surface area contributed by atoms with Crippen molar-refractivity contribution >= 4 is 12.1 Å². The summed E-state index contributed by atoms with van der Waals surface area (Å²) in [5, 5.41) is 18.4. The topological polar surface area (TPSA) is 79.5 Å². The smallest absolute Gasteiger partial charge is 0.219 e. The molecule has 0 fully saturated rings. The first-order valence-corrected chi connectivity index (χ1v) is 7.69. The Hall–Kier alpha value is -3.09. The van der Waals surface area contributed by atoms with Gasteiger partial charge < -0.3 is 14.7 Å². The second-order valence-electron chi connectivity index (χ2n) is 5.02. The summed E-state index contributed by atoms with van der Waals surface area (Å²) in [6.45, 7) is 3.23. The number of oxime groups is 1. The van der Waals surface area contributed by atoms with Crippen LogP contribution in [0.25, 0.3) is 0 Å². The molecule has 1 aromatic carbocycles. The molecule has 0 aliphatic carbocycles. The van der Waals surface area contributed by atoms with Crippen LogP contribution in [0.4, 0.5) is 0 Å². The van der Waals surface area contributed by atoms with Crippen LogP contribution in [0.2, 0.25) is 0 Å². The molecule has 0 atom stereocenters. The van der Waals surface area contributed by atoms with Crippen LogP contribution in [0, 0.1) is 0 Å². The molecule has 0 radical (unpaired) electrons. The lowest BCUT2D eigenvalue weighted by atomic mass is 10.2. The van der Waals surface area contributed by atoms with E-state index in [1.165, 1.54) is 0 Å². The normalized spacial score (nSPS) is 14.0. The van der Waals surface area contributed by atoms with Crippen LogP contribution >= 0.6 is 0 Å². The average Bonchev–Trinajstić information content (AvgIpc) is 3.12. The van der Waals surface area contributed by atoms with Gasteiger partial charge in [-0.15, -0.1) is 0 Å². The summed E-state index contributed by atoms with van der Waals surface area (Å²) < 4.78 is 11.1. The second kappa shape index (κ2) is 7.45. The largest absolute Gasteiger partial charge is 0.494 e. The number of ether oxygens (including phenoxy) is 2. The third kappa shape index (κ3) is 3.62. The molecule has 0 unspecified atom stereocenters. The Morgan fingerprint density at radius 1 is 1.25 bits per heavy atom. The zero-order valence-electron chi connectivity index (χ0n) is 13.3. The van der Waals surface area contributed by atoms with E-state index in [0.717, 1.165) is 12.2 Å². The molecule has 3 rings (SSSR count). The maximum Gasteiger partial charge on any atom is 0.219 e. The molecule has 2 aromatic rings. The maximum atomic E-state index is 9.30. The molecule has 0 saturated carbocycles.